The number of aromatic nitrogens is 1. The van der Waals surface area contributed by atoms with Gasteiger partial charge in [-0.3, -0.25) is 4.98 Å². The number of carboxylic acids is 1. The summed E-state index contributed by atoms with van der Waals surface area (Å²) in [5.74, 6) is 0.287. The Bertz CT molecular complexity index is 1170. The largest absolute Gasteiger partial charge is 0.478 e. The van der Waals surface area contributed by atoms with Crippen LogP contribution in [0.5, 0.6) is 0 Å². The third-order valence-corrected chi connectivity index (χ3v) is 7.38. The van der Waals surface area contributed by atoms with E-state index >= 15 is 0 Å². The quantitative estimate of drug-likeness (QED) is 0.367. The molecule has 0 aliphatic carbocycles. The van der Waals surface area contributed by atoms with E-state index in [4.69, 9.17) is 10.7 Å². The summed E-state index contributed by atoms with van der Waals surface area (Å²) in [5, 5.41) is 9.56. The highest BCUT2D eigenvalue weighted by Gasteiger charge is 2.20. The Kier molecular flexibility index (Phi) is 7.98. The summed E-state index contributed by atoms with van der Waals surface area (Å²) in [6.45, 7) is 12.9. The van der Waals surface area contributed by atoms with Crippen molar-refractivity contribution < 1.29 is 9.90 Å². The summed E-state index contributed by atoms with van der Waals surface area (Å²) in [6, 6.07) is 12.2. The zero-order chi connectivity index (χ0) is 24.3. The maximum Gasteiger partial charge on any atom is 0.335 e. The first kappa shape index (κ1) is 25.0. The van der Waals surface area contributed by atoms with Gasteiger partial charge in [0.15, 0.2) is 0 Å². The predicted molar refractivity (Wildman–Crippen MR) is 138 cm³/mol. The zero-order valence-corrected chi connectivity index (χ0v) is 21.3. The predicted octanol–water partition coefficient (Wildman–Crippen LogP) is 6.63. The molecular formula is C28H34N2O2S. The van der Waals surface area contributed by atoms with E-state index in [1.165, 1.54) is 11.1 Å². The highest BCUT2D eigenvalue weighted by Crippen LogP contribution is 2.38. The highest BCUT2D eigenvalue weighted by atomic mass is 32.2. The van der Waals surface area contributed by atoms with Crippen molar-refractivity contribution in [1.29, 1.82) is 0 Å². The molecule has 0 bridgehead atoms. The molecule has 174 valence electrons. The Labute approximate surface area is 201 Å². The van der Waals surface area contributed by atoms with Crippen molar-refractivity contribution in [3.63, 3.8) is 0 Å². The molecule has 2 aromatic carbocycles. The van der Waals surface area contributed by atoms with Crippen LogP contribution in [0.2, 0.25) is 0 Å². The van der Waals surface area contributed by atoms with Crippen LogP contribution in [0.15, 0.2) is 41.3 Å². The lowest BCUT2D eigenvalue weighted by atomic mass is 9.90. The van der Waals surface area contributed by atoms with Crippen molar-refractivity contribution in [1.82, 2.24) is 4.98 Å². The first-order valence-corrected chi connectivity index (χ1v) is 12.4. The van der Waals surface area contributed by atoms with Gasteiger partial charge in [0.1, 0.15) is 0 Å². The van der Waals surface area contributed by atoms with Crippen LogP contribution < -0.4 is 5.73 Å². The molecule has 0 unspecified atom stereocenters. The van der Waals surface area contributed by atoms with Crippen LogP contribution >= 0.6 is 11.8 Å². The third-order valence-electron chi connectivity index (χ3n) is 6.03. The molecule has 4 nitrogen and oxygen atoms in total. The van der Waals surface area contributed by atoms with Gasteiger partial charge in [-0.15, -0.1) is 11.8 Å². The van der Waals surface area contributed by atoms with E-state index in [1.807, 2.05) is 19.9 Å². The molecule has 0 saturated heterocycles. The maximum absolute atomic E-state index is 11.7. The molecule has 0 fully saturated rings. The molecule has 0 aliphatic heterocycles. The fourth-order valence-corrected chi connectivity index (χ4v) is 5.55. The van der Waals surface area contributed by atoms with E-state index in [0.29, 0.717) is 23.8 Å². The molecule has 0 saturated carbocycles. The van der Waals surface area contributed by atoms with Crippen molar-refractivity contribution in [2.24, 2.45) is 11.7 Å². The number of aromatic carboxylic acids is 1. The highest BCUT2D eigenvalue weighted by molar-refractivity contribution is 7.98. The number of thioether (sulfide) groups is 1. The Morgan fingerprint density at radius 3 is 2.27 bits per heavy atom. The van der Waals surface area contributed by atoms with Gasteiger partial charge in [0.2, 0.25) is 0 Å². The smallest absolute Gasteiger partial charge is 0.335 e. The molecule has 0 radical (unpaired) electrons. The topological polar surface area (TPSA) is 76.2 Å². The summed E-state index contributed by atoms with van der Waals surface area (Å²) in [4.78, 5) is 17.7. The van der Waals surface area contributed by atoms with Crippen molar-refractivity contribution in [2.75, 3.05) is 0 Å². The van der Waals surface area contributed by atoms with Crippen LogP contribution in [0.25, 0.3) is 11.1 Å². The van der Waals surface area contributed by atoms with Gasteiger partial charge >= 0.3 is 5.97 Å². The van der Waals surface area contributed by atoms with Gasteiger partial charge < -0.3 is 10.8 Å². The van der Waals surface area contributed by atoms with Gasteiger partial charge in [-0.25, -0.2) is 4.79 Å². The standard InChI is InChI=1S/C28H34N2O2S/c1-16(2)13-25-23(14-29)26(21-10-7-17(3)8-11-21)24(20(6)30-25)15-33-27-18(4)9-12-22(19(27)5)28(31)32/h7-12,16H,13-15,29H2,1-6H3,(H,31,32). The molecule has 3 rings (SSSR count). The molecule has 0 amide bonds. The van der Waals surface area contributed by atoms with Gasteiger partial charge in [-0.2, -0.15) is 0 Å². The van der Waals surface area contributed by atoms with Crippen molar-refractivity contribution in [3.05, 3.63) is 81.2 Å². The molecule has 33 heavy (non-hydrogen) atoms. The van der Waals surface area contributed by atoms with E-state index < -0.39 is 5.97 Å². The second-order valence-electron chi connectivity index (χ2n) is 9.12. The Balaban J connectivity index is 2.15. The number of nitrogens with two attached hydrogens (primary N) is 1. The average molecular weight is 463 g/mol. The molecule has 1 heterocycles. The SMILES string of the molecule is Cc1ccc(-c2c(CSc3c(C)ccc(C(=O)O)c3C)c(C)nc(CC(C)C)c2CN)cc1. The normalized spacial score (nSPS) is 11.3. The number of aryl methyl sites for hydroxylation is 3. The Morgan fingerprint density at radius 1 is 1.03 bits per heavy atom. The van der Waals surface area contributed by atoms with E-state index in [0.717, 1.165) is 50.5 Å². The number of hydrogen-bond donors (Lipinski definition) is 2. The fourth-order valence-electron chi connectivity index (χ4n) is 4.29. The minimum Gasteiger partial charge on any atom is -0.478 e. The van der Waals surface area contributed by atoms with Crippen molar-refractivity contribution in [2.45, 2.75) is 65.2 Å². The number of rotatable bonds is 8. The molecule has 1 aromatic heterocycles. The summed E-state index contributed by atoms with van der Waals surface area (Å²) < 4.78 is 0. The lowest BCUT2D eigenvalue weighted by Crippen LogP contribution is -2.13. The van der Waals surface area contributed by atoms with E-state index in [1.54, 1.807) is 17.8 Å². The van der Waals surface area contributed by atoms with Crippen LogP contribution in [0.3, 0.4) is 0 Å². The van der Waals surface area contributed by atoms with Crippen LogP contribution in [0, 0.1) is 33.6 Å². The number of carbonyl (C=O) groups is 1. The molecule has 3 aromatic rings. The zero-order valence-electron chi connectivity index (χ0n) is 20.5. The van der Waals surface area contributed by atoms with Gasteiger partial charge in [0.05, 0.1) is 5.56 Å². The first-order valence-electron chi connectivity index (χ1n) is 11.4. The molecule has 5 heteroatoms. The summed E-state index contributed by atoms with van der Waals surface area (Å²) in [6.07, 6.45) is 0.887. The number of nitrogens with zero attached hydrogens (tertiary/aromatic N) is 1. The Morgan fingerprint density at radius 2 is 1.70 bits per heavy atom. The minimum absolute atomic E-state index is 0.353. The maximum atomic E-state index is 11.7. The van der Waals surface area contributed by atoms with Gasteiger partial charge in [0.25, 0.3) is 0 Å². The number of carboxylic acid groups (broad SMARTS) is 1. The molecule has 3 N–H and O–H groups in total. The lowest BCUT2D eigenvalue weighted by Gasteiger charge is -2.22. The first-order chi connectivity index (χ1) is 15.6. The van der Waals surface area contributed by atoms with E-state index in [9.17, 15) is 9.90 Å². The van der Waals surface area contributed by atoms with Gasteiger partial charge in [0, 0.05) is 28.6 Å². The summed E-state index contributed by atoms with van der Waals surface area (Å²) in [7, 11) is 0. The molecule has 0 aliphatic rings. The van der Waals surface area contributed by atoms with Crippen LogP contribution in [0.4, 0.5) is 0 Å². The minimum atomic E-state index is -0.893. The van der Waals surface area contributed by atoms with Gasteiger partial charge in [-0.1, -0.05) is 49.7 Å². The van der Waals surface area contributed by atoms with E-state index in [-0.39, 0.29) is 0 Å². The number of pyridine rings is 1. The summed E-state index contributed by atoms with van der Waals surface area (Å²) >= 11 is 1.68. The molecule has 0 spiro atoms. The van der Waals surface area contributed by atoms with E-state index in [2.05, 4.69) is 52.0 Å². The Hall–Kier alpha value is -2.63. The fraction of sp³-hybridized carbons (Fsp3) is 0.357. The van der Waals surface area contributed by atoms with Crippen LogP contribution in [-0.2, 0) is 18.7 Å². The van der Waals surface area contributed by atoms with Gasteiger partial charge in [-0.05, 0) is 79.5 Å². The lowest BCUT2D eigenvalue weighted by molar-refractivity contribution is 0.0695. The van der Waals surface area contributed by atoms with Crippen molar-refractivity contribution in [3.8, 4) is 11.1 Å². The average Bonchev–Trinajstić information content (AvgIpc) is 2.74. The van der Waals surface area contributed by atoms with Crippen LogP contribution in [0.1, 0.15) is 63.4 Å². The van der Waals surface area contributed by atoms with Crippen molar-refractivity contribution >= 4 is 17.7 Å². The number of hydrogen-bond acceptors (Lipinski definition) is 4. The monoisotopic (exact) mass is 462 g/mol. The molecule has 0 atom stereocenters. The molecular weight excluding hydrogens is 428 g/mol. The van der Waals surface area contributed by atoms with Crippen LogP contribution in [-0.4, -0.2) is 16.1 Å². The second kappa shape index (κ2) is 10.5. The number of benzene rings is 2. The third kappa shape index (κ3) is 5.48. The summed E-state index contributed by atoms with van der Waals surface area (Å²) in [5.41, 5.74) is 16.5. The second-order valence-corrected chi connectivity index (χ2v) is 10.1.